The van der Waals surface area contributed by atoms with Crippen molar-refractivity contribution < 1.29 is 5.48 Å². The Hall–Kier alpha value is -6.45. The molecule has 1 heterocycles. The van der Waals surface area contributed by atoms with Crippen LogP contribution in [0.2, 0.25) is 0 Å². The van der Waals surface area contributed by atoms with Crippen LogP contribution in [-0.2, 0) is 5.41 Å². The van der Waals surface area contributed by atoms with Crippen molar-refractivity contribution >= 4 is 0 Å². The van der Waals surface area contributed by atoms with Gasteiger partial charge in [0.2, 0.25) is 0 Å². The molecule has 50 heavy (non-hydrogen) atoms. The third-order valence-electron chi connectivity index (χ3n) is 10.1. The van der Waals surface area contributed by atoms with Gasteiger partial charge >= 0.3 is 0 Å². The van der Waals surface area contributed by atoms with Gasteiger partial charge in [-0.05, 0) is 68.6 Å². The van der Waals surface area contributed by atoms with Gasteiger partial charge in [-0.3, -0.25) is 0 Å². The summed E-state index contributed by atoms with van der Waals surface area (Å²) in [6.45, 7) is 1.66. The van der Waals surface area contributed by atoms with Crippen LogP contribution in [0.3, 0.4) is 0 Å². The van der Waals surface area contributed by atoms with E-state index in [0.717, 1.165) is 22.3 Å². The fraction of sp³-hybridized carbons (Fsp3) is 0.0426. The van der Waals surface area contributed by atoms with Crippen molar-refractivity contribution in [2.24, 2.45) is 0 Å². The van der Waals surface area contributed by atoms with Crippen molar-refractivity contribution in [2.45, 2.75) is 12.3 Å². The van der Waals surface area contributed by atoms with E-state index in [1.807, 2.05) is 54.6 Å². The number of benzene rings is 7. The summed E-state index contributed by atoms with van der Waals surface area (Å²) in [5.74, 6) is 1.52. The molecule has 3 heteroatoms. The van der Waals surface area contributed by atoms with Crippen LogP contribution in [0.5, 0.6) is 0 Å². The maximum absolute atomic E-state index is 8.80. The monoisotopic (exact) mass is 641 g/mol. The van der Waals surface area contributed by atoms with Crippen molar-refractivity contribution in [3.05, 3.63) is 198 Å². The lowest BCUT2D eigenvalue weighted by Gasteiger charge is -2.30. The largest absolute Gasteiger partial charge is 0.208 e. The molecule has 0 unspecified atom stereocenters. The van der Waals surface area contributed by atoms with Gasteiger partial charge in [0.05, 0.1) is 10.9 Å². The summed E-state index contributed by atoms with van der Waals surface area (Å²) in [6.07, 6.45) is 0. The van der Waals surface area contributed by atoms with E-state index in [2.05, 4.69) is 91.0 Å². The molecule has 0 saturated carbocycles. The van der Waals surface area contributed by atoms with Crippen LogP contribution in [0.25, 0.3) is 67.5 Å². The van der Waals surface area contributed by atoms with Crippen LogP contribution < -0.4 is 0 Å². The first-order valence-corrected chi connectivity index (χ1v) is 16.8. The number of hydrogen-bond acceptors (Lipinski definition) is 3. The second kappa shape index (κ2) is 11.0. The number of fused-ring (bicyclic) bond motifs is 10. The lowest BCUT2D eigenvalue weighted by atomic mass is 9.70. The Morgan fingerprint density at radius 2 is 0.960 bits per heavy atom. The zero-order valence-corrected chi connectivity index (χ0v) is 27.2. The molecule has 3 nitrogen and oxygen atoms in total. The topological polar surface area (TPSA) is 38.7 Å². The minimum absolute atomic E-state index is 0.0713. The third-order valence-corrected chi connectivity index (χ3v) is 10.1. The molecule has 2 aliphatic carbocycles. The highest BCUT2D eigenvalue weighted by atomic mass is 15.0. The van der Waals surface area contributed by atoms with E-state index in [1.165, 1.54) is 33.4 Å². The molecule has 0 atom stereocenters. The SMILES string of the molecule is [2H]c1c([2H])c(C)c([2H])c(-c2cccc(-c3nc(-c4ccccc4)nc(-c4cccc5c4-c4ccccc4C54c5ccccc5-c5ccccc54)n3)c2)c1[2H]. The summed E-state index contributed by atoms with van der Waals surface area (Å²) in [7, 11) is 0. The average molecular weight is 642 g/mol. The van der Waals surface area contributed by atoms with Gasteiger partial charge in [0.15, 0.2) is 17.5 Å². The molecule has 1 aromatic heterocycles. The average Bonchev–Trinajstić information content (AvgIpc) is 3.70. The number of aromatic nitrogens is 3. The highest BCUT2D eigenvalue weighted by Crippen LogP contribution is 2.63. The van der Waals surface area contributed by atoms with E-state index in [9.17, 15) is 0 Å². The van der Waals surface area contributed by atoms with E-state index in [1.54, 1.807) is 6.92 Å². The van der Waals surface area contributed by atoms with Crippen LogP contribution in [0.1, 0.15) is 33.3 Å². The van der Waals surface area contributed by atoms with Crippen LogP contribution >= 0.6 is 0 Å². The predicted octanol–water partition coefficient (Wildman–Crippen LogP) is 11.2. The first kappa shape index (κ1) is 24.7. The van der Waals surface area contributed by atoms with Gasteiger partial charge < -0.3 is 0 Å². The lowest BCUT2D eigenvalue weighted by Crippen LogP contribution is -2.25. The van der Waals surface area contributed by atoms with Gasteiger partial charge in [0, 0.05) is 16.7 Å². The van der Waals surface area contributed by atoms with Crippen molar-refractivity contribution in [1.29, 1.82) is 0 Å². The van der Waals surface area contributed by atoms with Crippen LogP contribution in [0.15, 0.2) is 170 Å². The van der Waals surface area contributed by atoms with Gasteiger partial charge in [-0.25, -0.2) is 15.0 Å². The summed E-state index contributed by atoms with van der Waals surface area (Å²) in [6, 6.07) is 49.7. The van der Waals surface area contributed by atoms with Crippen LogP contribution in [0, 0.1) is 6.92 Å². The summed E-state index contributed by atoms with van der Waals surface area (Å²) in [4.78, 5) is 15.4. The minimum atomic E-state index is -0.507. The molecule has 0 bridgehead atoms. The number of hydrogen-bond donors (Lipinski definition) is 0. The molecule has 0 saturated heterocycles. The molecule has 7 aromatic carbocycles. The van der Waals surface area contributed by atoms with Crippen molar-refractivity contribution in [2.75, 3.05) is 0 Å². The normalized spacial score (nSPS) is 14.2. The molecule has 0 N–H and O–H groups in total. The Morgan fingerprint density at radius 3 is 1.70 bits per heavy atom. The third kappa shape index (κ3) is 4.13. The van der Waals surface area contributed by atoms with Crippen molar-refractivity contribution in [1.82, 2.24) is 15.0 Å². The molecule has 234 valence electrons. The molecule has 1 spiro atoms. The Bertz CT molecular complexity index is 2780. The second-order valence-corrected chi connectivity index (χ2v) is 12.9. The molecule has 8 aromatic rings. The summed E-state index contributed by atoms with van der Waals surface area (Å²) >= 11 is 0. The van der Waals surface area contributed by atoms with E-state index < -0.39 is 5.41 Å². The molecule has 0 fully saturated rings. The Labute approximate surface area is 297 Å². The quantitative estimate of drug-likeness (QED) is 0.192. The molecule has 0 radical (unpaired) electrons. The molecule has 10 rings (SSSR count). The summed E-state index contributed by atoms with van der Waals surface area (Å²) < 4.78 is 34.1. The Morgan fingerprint density at radius 1 is 0.440 bits per heavy atom. The first-order valence-electron chi connectivity index (χ1n) is 18.8. The van der Waals surface area contributed by atoms with Crippen LogP contribution in [0.4, 0.5) is 0 Å². The fourth-order valence-corrected chi connectivity index (χ4v) is 8.07. The zero-order chi connectivity index (χ0) is 36.7. The second-order valence-electron chi connectivity index (χ2n) is 12.9. The van der Waals surface area contributed by atoms with Crippen molar-refractivity contribution in [3.63, 3.8) is 0 Å². The van der Waals surface area contributed by atoms with Gasteiger partial charge in [-0.15, -0.1) is 0 Å². The maximum Gasteiger partial charge on any atom is 0.164 e. The van der Waals surface area contributed by atoms with E-state index in [0.29, 0.717) is 39.7 Å². The summed E-state index contributed by atoms with van der Waals surface area (Å²) in [5, 5.41) is 0. The van der Waals surface area contributed by atoms with Crippen molar-refractivity contribution in [3.8, 4) is 67.5 Å². The van der Waals surface area contributed by atoms with Gasteiger partial charge in [0.1, 0.15) is 0 Å². The van der Waals surface area contributed by atoms with Crippen LogP contribution in [-0.4, -0.2) is 15.0 Å². The predicted molar refractivity (Wildman–Crippen MR) is 203 cm³/mol. The maximum atomic E-state index is 8.80. The highest BCUT2D eigenvalue weighted by molar-refractivity contribution is 5.99. The number of nitrogens with zero attached hydrogens (tertiary/aromatic N) is 3. The molecular formula is C47H31N3. The lowest BCUT2D eigenvalue weighted by molar-refractivity contribution is 0.794. The van der Waals surface area contributed by atoms with E-state index >= 15 is 0 Å². The van der Waals surface area contributed by atoms with E-state index in [-0.39, 0.29) is 24.2 Å². The first-order chi connectivity index (χ1) is 26.4. The zero-order valence-electron chi connectivity index (χ0n) is 31.2. The Kier molecular flexibility index (Phi) is 5.45. The van der Waals surface area contributed by atoms with Gasteiger partial charge in [-0.1, -0.05) is 169 Å². The highest BCUT2D eigenvalue weighted by Gasteiger charge is 2.52. The molecular weight excluding hydrogens is 607 g/mol. The molecule has 2 aliphatic rings. The molecule has 0 amide bonds. The molecule has 0 aliphatic heterocycles. The number of rotatable bonds is 4. The van der Waals surface area contributed by atoms with E-state index in [4.69, 9.17) is 20.4 Å². The Balaban J connectivity index is 1.23. The van der Waals surface area contributed by atoms with Gasteiger partial charge in [-0.2, -0.15) is 0 Å². The fourth-order valence-electron chi connectivity index (χ4n) is 8.07. The summed E-state index contributed by atoms with van der Waals surface area (Å²) in [5.41, 5.74) is 12.9. The standard InChI is InChI=1S/C47H31N3/c1-30-14-11-17-32(28-30)33-18-12-19-34(29-33)45-48-44(31-15-3-2-4-16-31)49-46(50-45)38-23-13-27-42-43(38)37-22-7-10-26-41(37)47(42)39-24-8-5-20-35(39)36-21-6-9-25-40(36)47/h2-29H,1H3/i11D,14D,17D,28D. The van der Waals surface area contributed by atoms with Gasteiger partial charge in [0.25, 0.3) is 0 Å². The smallest absolute Gasteiger partial charge is 0.164 e. The minimum Gasteiger partial charge on any atom is -0.208 e.